The van der Waals surface area contributed by atoms with Crippen molar-refractivity contribution in [3.63, 3.8) is 0 Å². The van der Waals surface area contributed by atoms with Gasteiger partial charge < -0.3 is 26.9 Å². The van der Waals surface area contributed by atoms with E-state index in [1.807, 2.05) is 6.07 Å². The smallest absolute Gasteiger partial charge is 0.255 e. The highest BCUT2D eigenvalue weighted by atomic mass is 19.1. The number of nitrogens with two attached hydrogens (primary N) is 1. The quantitative estimate of drug-likeness (QED) is 0.158. The van der Waals surface area contributed by atoms with Crippen LogP contribution in [-0.2, 0) is 11.2 Å². The van der Waals surface area contributed by atoms with Gasteiger partial charge in [-0.05, 0) is 55.2 Å². The van der Waals surface area contributed by atoms with Crippen LogP contribution in [0.25, 0.3) is 11.3 Å². The standard InChI is InChI=1S/C29H31FN6O3/c30-22-9-5-7-19(14-22)6-3-4-13-34-28-24(29(39)35-17-21(16-32)27(33)26(38)18-37)11-12-25(36-28)23-10-2-1-8-20(23)15-31/h1-2,5,7-12,14,21,33,37H,3-4,6,13,16-18,32H2,(H,34,36)(H,35,39)/t21-/m0/s1. The third-order valence-electron chi connectivity index (χ3n) is 6.18. The SMILES string of the molecule is N#Cc1ccccc1-c1ccc(C(=O)NC[C@H](CN)C(=N)C(=O)CO)c(NCCCCc2cccc(F)c2)n1. The number of unbranched alkanes of at least 4 members (excludes halogenated alkanes) is 1. The molecule has 202 valence electrons. The van der Waals surface area contributed by atoms with Crippen LogP contribution in [0.5, 0.6) is 0 Å². The molecular formula is C29H31FN6O3. The first-order valence-corrected chi connectivity index (χ1v) is 12.6. The zero-order valence-electron chi connectivity index (χ0n) is 21.4. The number of amides is 1. The molecule has 1 atom stereocenters. The minimum absolute atomic E-state index is 0.0522. The van der Waals surface area contributed by atoms with Gasteiger partial charge in [0.2, 0.25) is 5.78 Å². The van der Waals surface area contributed by atoms with Crippen molar-refractivity contribution in [2.75, 3.05) is 31.6 Å². The van der Waals surface area contributed by atoms with Crippen molar-refractivity contribution in [2.24, 2.45) is 11.7 Å². The maximum absolute atomic E-state index is 13.4. The lowest BCUT2D eigenvalue weighted by Gasteiger charge is -2.17. The Bertz CT molecular complexity index is 1370. The maximum atomic E-state index is 13.4. The number of nitrogens with zero attached hydrogens (tertiary/aromatic N) is 2. The molecule has 10 heteroatoms. The summed E-state index contributed by atoms with van der Waals surface area (Å²) in [4.78, 5) is 29.4. The fourth-order valence-corrected chi connectivity index (χ4v) is 4.01. The van der Waals surface area contributed by atoms with Crippen LogP contribution < -0.4 is 16.4 Å². The fourth-order valence-electron chi connectivity index (χ4n) is 4.01. The summed E-state index contributed by atoms with van der Waals surface area (Å²) in [6, 6.07) is 18.9. The highest BCUT2D eigenvalue weighted by Gasteiger charge is 2.22. The molecule has 9 nitrogen and oxygen atoms in total. The summed E-state index contributed by atoms with van der Waals surface area (Å²) in [7, 11) is 0. The van der Waals surface area contributed by atoms with Gasteiger partial charge in [-0.1, -0.05) is 30.3 Å². The van der Waals surface area contributed by atoms with Crippen LogP contribution in [0.4, 0.5) is 10.2 Å². The highest BCUT2D eigenvalue weighted by molar-refractivity contribution is 6.40. The number of hydrogen-bond donors (Lipinski definition) is 5. The van der Waals surface area contributed by atoms with Gasteiger partial charge in [0.15, 0.2) is 0 Å². The number of nitriles is 1. The Morgan fingerprint density at radius 1 is 1.13 bits per heavy atom. The van der Waals surface area contributed by atoms with Crippen molar-refractivity contribution in [3.8, 4) is 17.3 Å². The van der Waals surface area contributed by atoms with Gasteiger partial charge in [-0.15, -0.1) is 0 Å². The molecule has 0 aliphatic heterocycles. The lowest BCUT2D eigenvalue weighted by molar-refractivity contribution is -0.115. The van der Waals surface area contributed by atoms with Gasteiger partial charge >= 0.3 is 0 Å². The number of aromatic nitrogens is 1. The number of benzene rings is 2. The molecule has 0 unspecified atom stereocenters. The molecule has 0 saturated carbocycles. The number of pyridine rings is 1. The average Bonchev–Trinajstić information content (AvgIpc) is 2.96. The van der Waals surface area contributed by atoms with Gasteiger partial charge in [-0.25, -0.2) is 9.37 Å². The zero-order chi connectivity index (χ0) is 28.2. The monoisotopic (exact) mass is 530 g/mol. The third kappa shape index (κ3) is 8.01. The molecule has 0 radical (unpaired) electrons. The molecule has 3 rings (SSSR count). The van der Waals surface area contributed by atoms with Crippen LogP contribution in [0.15, 0.2) is 60.7 Å². The summed E-state index contributed by atoms with van der Waals surface area (Å²) in [5, 5.41) is 32.3. The molecule has 0 aliphatic rings. The van der Waals surface area contributed by atoms with Crippen molar-refractivity contribution >= 4 is 23.2 Å². The van der Waals surface area contributed by atoms with Gasteiger partial charge in [-0.2, -0.15) is 5.26 Å². The number of Topliss-reactive ketones (excluding diaryl/α,β-unsaturated/α-hetero) is 1. The summed E-state index contributed by atoms with van der Waals surface area (Å²) >= 11 is 0. The fraction of sp³-hybridized carbons (Fsp3) is 0.276. The van der Waals surface area contributed by atoms with E-state index in [0.29, 0.717) is 35.6 Å². The van der Waals surface area contributed by atoms with E-state index in [-0.39, 0.29) is 30.2 Å². The molecule has 0 aliphatic carbocycles. The molecular weight excluding hydrogens is 499 g/mol. The van der Waals surface area contributed by atoms with Crippen molar-refractivity contribution in [3.05, 3.63) is 83.2 Å². The number of carbonyl (C=O) groups excluding carboxylic acids is 2. The van der Waals surface area contributed by atoms with E-state index in [0.717, 1.165) is 18.4 Å². The van der Waals surface area contributed by atoms with E-state index in [1.54, 1.807) is 42.5 Å². The minimum atomic E-state index is -0.799. The minimum Gasteiger partial charge on any atom is -0.388 e. The van der Waals surface area contributed by atoms with E-state index >= 15 is 0 Å². The first-order chi connectivity index (χ1) is 18.9. The topological polar surface area (TPSA) is 165 Å². The van der Waals surface area contributed by atoms with Gasteiger partial charge in [0.25, 0.3) is 5.91 Å². The first kappa shape index (κ1) is 29.1. The number of carbonyl (C=O) groups is 2. The van der Waals surface area contributed by atoms with Gasteiger partial charge in [-0.3, -0.25) is 9.59 Å². The van der Waals surface area contributed by atoms with Gasteiger partial charge in [0, 0.05) is 31.1 Å². The van der Waals surface area contributed by atoms with Crippen LogP contribution in [0.3, 0.4) is 0 Å². The number of hydrogen-bond acceptors (Lipinski definition) is 8. The summed E-state index contributed by atoms with van der Waals surface area (Å²) in [5.74, 6) is -1.93. The van der Waals surface area contributed by atoms with E-state index in [1.165, 1.54) is 12.1 Å². The van der Waals surface area contributed by atoms with Crippen LogP contribution >= 0.6 is 0 Å². The number of halogens is 1. The van der Waals surface area contributed by atoms with Crippen molar-refractivity contribution in [1.29, 1.82) is 10.7 Å². The molecule has 1 amide bonds. The largest absolute Gasteiger partial charge is 0.388 e. The number of aliphatic hydroxyl groups is 1. The molecule has 6 N–H and O–H groups in total. The Balaban J connectivity index is 1.76. The molecule has 0 spiro atoms. The number of aliphatic hydroxyl groups excluding tert-OH is 1. The van der Waals surface area contributed by atoms with Crippen molar-refractivity contribution in [1.82, 2.24) is 10.3 Å². The maximum Gasteiger partial charge on any atom is 0.255 e. The predicted molar refractivity (Wildman–Crippen MR) is 147 cm³/mol. The second-order valence-corrected chi connectivity index (χ2v) is 8.90. The van der Waals surface area contributed by atoms with E-state index < -0.39 is 24.2 Å². The number of nitrogens with one attached hydrogen (secondary N) is 3. The number of anilines is 1. The van der Waals surface area contributed by atoms with E-state index in [4.69, 9.17) is 16.2 Å². The van der Waals surface area contributed by atoms with Gasteiger partial charge in [0.05, 0.1) is 28.6 Å². The molecule has 2 aromatic carbocycles. The molecule has 0 saturated heterocycles. The van der Waals surface area contributed by atoms with Crippen molar-refractivity contribution < 1.29 is 19.1 Å². The summed E-state index contributed by atoms with van der Waals surface area (Å²) < 4.78 is 13.4. The Kier molecular flexibility index (Phi) is 10.8. The lowest BCUT2D eigenvalue weighted by Crippen LogP contribution is -2.40. The average molecular weight is 531 g/mol. The van der Waals surface area contributed by atoms with Crippen molar-refractivity contribution in [2.45, 2.75) is 19.3 Å². The molecule has 1 heterocycles. The number of rotatable bonds is 14. The van der Waals surface area contributed by atoms with Crippen LogP contribution in [0, 0.1) is 28.5 Å². The molecule has 0 fully saturated rings. The van der Waals surface area contributed by atoms with E-state index in [9.17, 15) is 19.2 Å². The first-order valence-electron chi connectivity index (χ1n) is 12.6. The predicted octanol–water partition coefficient (Wildman–Crippen LogP) is 3.08. The Morgan fingerprint density at radius 3 is 2.64 bits per heavy atom. The normalized spacial score (nSPS) is 11.3. The third-order valence-corrected chi connectivity index (χ3v) is 6.18. The molecule has 0 bridgehead atoms. The summed E-state index contributed by atoms with van der Waals surface area (Å²) in [6.07, 6.45) is 2.22. The second kappa shape index (κ2) is 14.5. The highest BCUT2D eigenvalue weighted by Crippen LogP contribution is 2.25. The van der Waals surface area contributed by atoms with Gasteiger partial charge in [0.1, 0.15) is 18.2 Å². The van der Waals surface area contributed by atoms with Crippen LogP contribution in [0.2, 0.25) is 0 Å². The Labute approximate surface area is 226 Å². The Hall–Kier alpha value is -4.46. The van der Waals surface area contributed by atoms with Crippen LogP contribution in [0.1, 0.15) is 34.3 Å². The zero-order valence-corrected chi connectivity index (χ0v) is 21.4. The number of ketones is 1. The molecule has 39 heavy (non-hydrogen) atoms. The number of aryl methyl sites for hydroxylation is 1. The molecule has 1 aromatic heterocycles. The molecule has 3 aromatic rings. The Morgan fingerprint density at radius 2 is 1.92 bits per heavy atom. The summed E-state index contributed by atoms with van der Waals surface area (Å²) in [6.45, 7) is -0.422. The second-order valence-electron chi connectivity index (χ2n) is 8.90. The summed E-state index contributed by atoms with van der Waals surface area (Å²) in [5.41, 5.74) is 8.07. The van der Waals surface area contributed by atoms with E-state index in [2.05, 4.69) is 21.7 Å². The lowest BCUT2D eigenvalue weighted by atomic mass is 10.00. The van der Waals surface area contributed by atoms with Crippen LogP contribution in [-0.4, -0.2) is 53.7 Å².